The summed E-state index contributed by atoms with van der Waals surface area (Å²) in [5, 5.41) is 0. The van der Waals surface area contributed by atoms with E-state index in [4.69, 9.17) is 10.5 Å². The summed E-state index contributed by atoms with van der Waals surface area (Å²) in [4.78, 5) is 13.1. The molecule has 0 radical (unpaired) electrons. The number of carbonyl (C=O) groups excluding carboxylic acids is 1. The molecule has 1 aromatic rings. The summed E-state index contributed by atoms with van der Waals surface area (Å²) in [5.41, 5.74) is 7.62. The first-order valence-corrected chi connectivity index (χ1v) is 6.18. The molecule has 1 rings (SSSR count). The SMILES string of the molecule is Cc1ccc(C)c(OCCN(C)C(=O)CCN)c1. The fourth-order valence-electron chi connectivity index (χ4n) is 1.59. The van der Waals surface area contributed by atoms with E-state index in [0.717, 1.165) is 11.3 Å². The molecule has 0 bridgehead atoms. The highest BCUT2D eigenvalue weighted by atomic mass is 16.5. The fourth-order valence-corrected chi connectivity index (χ4v) is 1.59. The number of carbonyl (C=O) groups is 1. The van der Waals surface area contributed by atoms with Crippen LogP contribution in [0, 0.1) is 13.8 Å². The third kappa shape index (κ3) is 4.37. The molecule has 1 amide bonds. The van der Waals surface area contributed by atoms with E-state index in [0.29, 0.717) is 26.1 Å². The third-order valence-corrected chi connectivity index (χ3v) is 2.81. The van der Waals surface area contributed by atoms with Gasteiger partial charge >= 0.3 is 0 Å². The molecule has 0 unspecified atom stereocenters. The van der Waals surface area contributed by atoms with Gasteiger partial charge in [-0.25, -0.2) is 0 Å². The van der Waals surface area contributed by atoms with Gasteiger partial charge in [0.15, 0.2) is 0 Å². The number of likely N-dealkylation sites (N-methyl/N-ethyl adjacent to an activating group) is 1. The van der Waals surface area contributed by atoms with E-state index >= 15 is 0 Å². The molecule has 0 atom stereocenters. The summed E-state index contributed by atoms with van der Waals surface area (Å²) in [7, 11) is 1.77. The topological polar surface area (TPSA) is 55.6 Å². The summed E-state index contributed by atoms with van der Waals surface area (Å²) < 4.78 is 5.69. The second-order valence-electron chi connectivity index (χ2n) is 4.47. The number of aryl methyl sites for hydroxylation is 2. The zero-order valence-corrected chi connectivity index (χ0v) is 11.4. The van der Waals surface area contributed by atoms with Gasteiger partial charge in [-0.05, 0) is 31.0 Å². The largest absolute Gasteiger partial charge is 0.491 e. The summed E-state index contributed by atoms with van der Waals surface area (Å²) in [5.74, 6) is 0.941. The second-order valence-corrected chi connectivity index (χ2v) is 4.47. The second kappa shape index (κ2) is 7.01. The maximum absolute atomic E-state index is 11.5. The molecule has 0 aromatic heterocycles. The standard InChI is InChI=1S/C14H22N2O2/c1-11-4-5-12(2)13(10-11)18-9-8-16(3)14(17)6-7-15/h4-5,10H,6-9,15H2,1-3H3. The average molecular weight is 250 g/mol. The number of rotatable bonds is 6. The molecule has 1 aromatic carbocycles. The first-order valence-electron chi connectivity index (χ1n) is 6.18. The van der Waals surface area contributed by atoms with Crippen LogP contribution in [0.3, 0.4) is 0 Å². The molecule has 2 N–H and O–H groups in total. The van der Waals surface area contributed by atoms with Crippen molar-refractivity contribution in [3.05, 3.63) is 29.3 Å². The Kier molecular flexibility index (Phi) is 5.65. The van der Waals surface area contributed by atoms with Crippen LogP contribution in [0.15, 0.2) is 18.2 Å². The molecule has 0 aliphatic rings. The lowest BCUT2D eigenvalue weighted by Crippen LogP contribution is -2.32. The molecule has 18 heavy (non-hydrogen) atoms. The minimum absolute atomic E-state index is 0.0575. The Labute approximate surface area is 109 Å². The van der Waals surface area contributed by atoms with E-state index in [9.17, 15) is 4.79 Å². The molecular formula is C14H22N2O2. The number of hydrogen-bond donors (Lipinski definition) is 1. The molecule has 0 aliphatic carbocycles. The number of benzene rings is 1. The highest BCUT2D eigenvalue weighted by Crippen LogP contribution is 2.18. The first kappa shape index (κ1) is 14.5. The highest BCUT2D eigenvalue weighted by Gasteiger charge is 2.07. The maximum atomic E-state index is 11.5. The summed E-state index contributed by atoms with van der Waals surface area (Å²) in [6, 6.07) is 6.10. The van der Waals surface area contributed by atoms with Crippen molar-refractivity contribution in [2.45, 2.75) is 20.3 Å². The smallest absolute Gasteiger partial charge is 0.223 e. The Balaban J connectivity index is 2.41. The summed E-state index contributed by atoms with van der Waals surface area (Å²) in [6.07, 6.45) is 0.389. The summed E-state index contributed by atoms with van der Waals surface area (Å²) in [6.45, 7) is 5.51. The van der Waals surface area contributed by atoms with Crippen LogP contribution in [0.2, 0.25) is 0 Å². The summed E-state index contributed by atoms with van der Waals surface area (Å²) >= 11 is 0. The van der Waals surface area contributed by atoms with Gasteiger partial charge in [0.1, 0.15) is 12.4 Å². The van der Waals surface area contributed by atoms with Crippen molar-refractivity contribution in [3.8, 4) is 5.75 Å². The van der Waals surface area contributed by atoms with Crippen molar-refractivity contribution >= 4 is 5.91 Å². The van der Waals surface area contributed by atoms with E-state index in [2.05, 4.69) is 6.07 Å². The van der Waals surface area contributed by atoms with Crippen molar-refractivity contribution in [1.82, 2.24) is 4.90 Å². The van der Waals surface area contributed by atoms with Crippen LogP contribution in [-0.2, 0) is 4.79 Å². The van der Waals surface area contributed by atoms with Gasteiger partial charge in [-0.2, -0.15) is 0 Å². The lowest BCUT2D eigenvalue weighted by Gasteiger charge is -2.17. The molecule has 4 nitrogen and oxygen atoms in total. The van der Waals surface area contributed by atoms with Crippen LogP contribution in [0.25, 0.3) is 0 Å². The van der Waals surface area contributed by atoms with Crippen molar-refractivity contribution in [3.63, 3.8) is 0 Å². The minimum Gasteiger partial charge on any atom is -0.491 e. The van der Waals surface area contributed by atoms with Crippen LogP contribution < -0.4 is 10.5 Å². The van der Waals surface area contributed by atoms with Crippen LogP contribution in [0.1, 0.15) is 17.5 Å². The minimum atomic E-state index is 0.0575. The lowest BCUT2D eigenvalue weighted by atomic mass is 10.1. The van der Waals surface area contributed by atoms with Crippen LogP contribution in [-0.4, -0.2) is 37.6 Å². The molecule has 0 saturated carbocycles. The van der Waals surface area contributed by atoms with E-state index < -0.39 is 0 Å². The predicted molar refractivity (Wildman–Crippen MR) is 72.7 cm³/mol. The molecule has 0 aliphatic heterocycles. The zero-order valence-electron chi connectivity index (χ0n) is 11.4. The Morgan fingerprint density at radius 3 is 2.78 bits per heavy atom. The third-order valence-electron chi connectivity index (χ3n) is 2.81. The van der Waals surface area contributed by atoms with E-state index in [1.54, 1.807) is 11.9 Å². The quantitative estimate of drug-likeness (QED) is 0.832. The Morgan fingerprint density at radius 2 is 2.11 bits per heavy atom. The van der Waals surface area contributed by atoms with Gasteiger partial charge in [-0.1, -0.05) is 12.1 Å². The van der Waals surface area contributed by atoms with Crippen molar-refractivity contribution in [2.24, 2.45) is 5.73 Å². The fraction of sp³-hybridized carbons (Fsp3) is 0.500. The highest BCUT2D eigenvalue weighted by molar-refractivity contribution is 5.75. The molecular weight excluding hydrogens is 228 g/mol. The average Bonchev–Trinajstić information content (AvgIpc) is 2.33. The van der Waals surface area contributed by atoms with Crippen LogP contribution in [0.5, 0.6) is 5.75 Å². The number of amides is 1. The molecule has 100 valence electrons. The van der Waals surface area contributed by atoms with E-state index in [1.807, 2.05) is 26.0 Å². The molecule has 0 heterocycles. The Hall–Kier alpha value is -1.55. The predicted octanol–water partition coefficient (Wildman–Crippen LogP) is 1.49. The van der Waals surface area contributed by atoms with E-state index in [-0.39, 0.29) is 5.91 Å². The molecule has 0 spiro atoms. The van der Waals surface area contributed by atoms with Crippen LogP contribution >= 0.6 is 0 Å². The Bertz CT molecular complexity index is 405. The van der Waals surface area contributed by atoms with Crippen molar-refractivity contribution in [1.29, 1.82) is 0 Å². The van der Waals surface area contributed by atoms with Gasteiger partial charge < -0.3 is 15.4 Å². The molecule has 4 heteroatoms. The lowest BCUT2D eigenvalue weighted by molar-refractivity contribution is -0.130. The zero-order chi connectivity index (χ0) is 13.5. The van der Waals surface area contributed by atoms with Crippen LogP contribution in [0.4, 0.5) is 0 Å². The van der Waals surface area contributed by atoms with Crippen molar-refractivity contribution < 1.29 is 9.53 Å². The van der Waals surface area contributed by atoms with Gasteiger partial charge in [-0.15, -0.1) is 0 Å². The number of ether oxygens (including phenoxy) is 1. The molecule has 0 saturated heterocycles. The van der Waals surface area contributed by atoms with Gasteiger partial charge in [0.25, 0.3) is 0 Å². The van der Waals surface area contributed by atoms with Crippen molar-refractivity contribution in [2.75, 3.05) is 26.7 Å². The molecule has 0 fully saturated rings. The number of nitrogens with zero attached hydrogens (tertiary/aromatic N) is 1. The monoisotopic (exact) mass is 250 g/mol. The first-order chi connectivity index (χ1) is 8.54. The van der Waals surface area contributed by atoms with E-state index in [1.165, 1.54) is 5.56 Å². The normalized spacial score (nSPS) is 10.2. The van der Waals surface area contributed by atoms with Gasteiger partial charge in [-0.3, -0.25) is 4.79 Å². The number of nitrogens with two attached hydrogens (primary N) is 1. The number of hydrogen-bond acceptors (Lipinski definition) is 3. The van der Waals surface area contributed by atoms with Gasteiger partial charge in [0.05, 0.1) is 6.54 Å². The maximum Gasteiger partial charge on any atom is 0.223 e. The van der Waals surface area contributed by atoms with Gasteiger partial charge in [0.2, 0.25) is 5.91 Å². The van der Waals surface area contributed by atoms with Gasteiger partial charge in [0, 0.05) is 20.0 Å². The Morgan fingerprint density at radius 1 is 1.39 bits per heavy atom.